The summed E-state index contributed by atoms with van der Waals surface area (Å²) >= 11 is 2.88. The van der Waals surface area contributed by atoms with E-state index in [-0.39, 0.29) is 45.5 Å². The summed E-state index contributed by atoms with van der Waals surface area (Å²) in [5.74, 6) is -0.629. The van der Waals surface area contributed by atoms with Gasteiger partial charge in [0.15, 0.2) is 0 Å². The van der Waals surface area contributed by atoms with E-state index in [0.717, 1.165) is 42.2 Å². The van der Waals surface area contributed by atoms with Crippen LogP contribution in [-0.4, -0.2) is 32.1 Å². The minimum Gasteiger partial charge on any atom is -0.343 e. The van der Waals surface area contributed by atoms with Crippen molar-refractivity contribution in [2.45, 2.75) is 0 Å². The Kier molecular flexibility index (Phi) is 6.60. The Labute approximate surface area is 302 Å². The van der Waals surface area contributed by atoms with E-state index in [0.29, 0.717) is 32.3 Å². The molecule has 10 nitrogen and oxygen atoms in total. The van der Waals surface area contributed by atoms with Crippen LogP contribution >= 0.6 is 22.7 Å². The van der Waals surface area contributed by atoms with Gasteiger partial charge in [0.2, 0.25) is 11.6 Å². The summed E-state index contributed by atoms with van der Waals surface area (Å²) in [6.07, 6.45) is 0. The summed E-state index contributed by atoms with van der Waals surface area (Å²) < 4.78 is 6.14. The lowest BCUT2D eigenvalue weighted by molar-refractivity contribution is 0.106. The highest BCUT2D eigenvalue weighted by atomic mass is 32.1. The lowest BCUT2D eigenvalue weighted by Gasteiger charge is -2.02. The summed E-state index contributed by atoms with van der Waals surface area (Å²) in [5.41, 5.74) is 6.15. The fraction of sp³-hybridized carbons (Fsp3) is 0.0500. The van der Waals surface area contributed by atoms with Crippen LogP contribution in [0.15, 0.2) is 94.2 Å². The molecule has 0 unspecified atom stereocenters. The smallest absolute Gasteiger partial charge is 0.271 e. The Morgan fingerprint density at radius 2 is 1.02 bits per heavy atom. The van der Waals surface area contributed by atoms with Crippen molar-refractivity contribution in [3.63, 3.8) is 0 Å². The highest BCUT2D eigenvalue weighted by Crippen LogP contribution is 2.46. The number of Topliss-reactive ketones (excluding diaryl/α,β-unsaturated/α-hetero) is 2. The van der Waals surface area contributed by atoms with Crippen molar-refractivity contribution in [3.05, 3.63) is 129 Å². The van der Waals surface area contributed by atoms with E-state index in [9.17, 15) is 20.1 Å². The number of allylic oxidation sites excluding steroid dienone is 4. The summed E-state index contributed by atoms with van der Waals surface area (Å²) in [7, 11) is 3.95. The maximum Gasteiger partial charge on any atom is 0.271 e. The molecule has 4 heterocycles. The molecule has 0 aliphatic heterocycles. The third-order valence-corrected chi connectivity index (χ3v) is 11.7. The fourth-order valence-electron chi connectivity index (χ4n) is 7.21. The minimum absolute atomic E-state index is 0.0952. The molecule has 9 rings (SSSR count). The van der Waals surface area contributed by atoms with Gasteiger partial charge in [-0.05, 0) is 35.4 Å². The molecule has 0 N–H and O–H groups in total. The van der Waals surface area contributed by atoms with Gasteiger partial charge >= 0.3 is 0 Å². The van der Waals surface area contributed by atoms with Gasteiger partial charge in [0, 0.05) is 47.1 Å². The summed E-state index contributed by atoms with van der Waals surface area (Å²) in [6.45, 7) is 15.1. The Morgan fingerprint density at radius 1 is 0.635 bits per heavy atom. The average molecular weight is 707 g/mol. The molecule has 0 spiro atoms. The third kappa shape index (κ3) is 4.11. The second kappa shape index (κ2) is 11.1. The Morgan fingerprint density at radius 3 is 1.38 bits per heavy atom. The van der Waals surface area contributed by atoms with Crippen LogP contribution in [0, 0.1) is 35.8 Å². The molecule has 0 saturated carbocycles. The van der Waals surface area contributed by atoms with Gasteiger partial charge in [-0.25, -0.2) is 30.2 Å². The number of aliphatic imine (C=N–C) groups is 2. The molecule has 242 valence electrons. The molecule has 0 bridgehead atoms. The monoisotopic (exact) mass is 706 g/mol. The Bertz CT molecular complexity index is 2940. The van der Waals surface area contributed by atoms with E-state index in [1.165, 1.54) is 22.7 Å². The van der Waals surface area contributed by atoms with Crippen LogP contribution < -0.4 is 0 Å². The quantitative estimate of drug-likeness (QED) is 0.131. The van der Waals surface area contributed by atoms with Crippen LogP contribution in [0.1, 0.15) is 31.8 Å². The van der Waals surface area contributed by atoms with Gasteiger partial charge in [-0.2, -0.15) is 0 Å². The zero-order valence-electron chi connectivity index (χ0n) is 27.1. The maximum atomic E-state index is 13.5. The van der Waals surface area contributed by atoms with E-state index < -0.39 is 0 Å². The first kappa shape index (κ1) is 30.8. The molecule has 0 radical (unpaired) electrons. The number of aryl methyl sites for hydroxylation is 2. The number of nitriles is 2. The predicted octanol–water partition coefficient (Wildman–Crippen LogP) is 9.35. The summed E-state index contributed by atoms with van der Waals surface area (Å²) in [6, 6.07) is 25.9. The van der Waals surface area contributed by atoms with Crippen molar-refractivity contribution in [2.75, 3.05) is 0 Å². The minimum atomic E-state index is -0.314. The average Bonchev–Trinajstić information content (AvgIpc) is 3.99. The number of benzene rings is 3. The van der Waals surface area contributed by atoms with Gasteiger partial charge in [-0.3, -0.25) is 9.59 Å². The number of carbonyl (C=O) groups is 2. The number of hydrogen-bond donors (Lipinski definition) is 0. The van der Waals surface area contributed by atoms with Crippen LogP contribution in [0.2, 0.25) is 0 Å². The number of nitrogens with zero attached hydrogens (tertiary/aromatic N) is 8. The van der Waals surface area contributed by atoms with Gasteiger partial charge in [-0.1, -0.05) is 48.5 Å². The highest BCUT2D eigenvalue weighted by Gasteiger charge is 2.35. The Balaban J connectivity index is 1.17. The molecule has 0 saturated heterocycles. The van der Waals surface area contributed by atoms with E-state index in [1.807, 2.05) is 38.4 Å². The number of rotatable bonds is 2. The number of ketones is 2. The van der Waals surface area contributed by atoms with Gasteiger partial charge in [-0.15, -0.1) is 22.7 Å². The normalized spacial score (nSPS) is 17.2. The van der Waals surface area contributed by atoms with E-state index in [1.54, 1.807) is 48.5 Å². The predicted molar refractivity (Wildman–Crippen MR) is 204 cm³/mol. The molecule has 2 aliphatic rings. The summed E-state index contributed by atoms with van der Waals surface area (Å²) in [5, 5.41) is 22.6. The topological polar surface area (TPSA) is 125 Å². The lowest BCUT2D eigenvalue weighted by atomic mass is 10.1. The van der Waals surface area contributed by atoms with Crippen LogP contribution in [0.4, 0.5) is 10.0 Å². The first-order valence-corrected chi connectivity index (χ1v) is 17.3. The van der Waals surface area contributed by atoms with Crippen molar-refractivity contribution >= 4 is 109 Å². The second-order valence-electron chi connectivity index (χ2n) is 12.2. The molecular weight excluding hydrogens is 689 g/mol. The first-order valence-electron chi connectivity index (χ1n) is 15.7. The van der Waals surface area contributed by atoms with Crippen molar-refractivity contribution in [2.24, 2.45) is 24.1 Å². The largest absolute Gasteiger partial charge is 0.343 e. The number of thiophene rings is 2. The molecule has 0 amide bonds. The molecule has 0 atom stereocenters. The molecule has 12 heteroatoms. The number of aromatic nitrogens is 2. The van der Waals surface area contributed by atoms with Gasteiger partial charge in [0.05, 0.1) is 56.7 Å². The maximum absolute atomic E-state index is 13.5. The van der Waals surface area contributed by atoms with Crippen molar-refractivity contribution < 1.29 is 9.59 Å². The van der Waals surface area contributed by atoms with Crippen molar-refractivity contribution in [1.82, 2.24) is 9.13 Å². The number of fused-ring (bicyclic) bond motifs is 8. The van der Waals surface area contributed by atoms with Crippen LogP contribution in [0.3, 0.4) is 0 Å². The molecule has 0 fully saturated rings. The van der Waals surface area contributed by atoms with E-state index >= 15 is 0 Å². The van der Waals surface area contributed by atoms with Crippen LogP contribution in [0.5, 0.6) is 0 Å². The second-order valence-corrected chi connectivity index (χ2v) is 14.2. The zero-order chi connectivity index (χ0) is 36.0. The van der Waals surface area contributed by atoms with Crippen LogP contribution in [-0.2, 0) is 14.1 Å². The van der Waals surface area contributed by atoms with Gasteiger partial charge in [0.25, 0.3) is 11.4 Å². The number of carbonyl (C=O) groups excluding carboxylic acids is 2. The Hall–Kier alpha value is -7.22. The molecule has 2 aliphatic carbocycles. The fourth-order valence-corrected chi connectivity index (χ4v) is 9.39. The molecule has 4 aromatic heterocycles. The molecule has 52 heavy (non-hydrogen) atoms. The van der Waals surface area contributed by atoms with Crippen molar-refractivity contribution in [3.8, 4) is 12.1 Å². The van der Waals surface area contributed by atoms with Gasteiger partial charge in [0.1, 0.15) is 21.4 Å². The molecule has 3 aromatic carbocycles. The molecule has 7 aromatic rings. The van der Waals surface area contributed by atoms with Gasteiger partial charge < -0.3 is 9.13 Å². The van der Waals surface area contributed by atoms with Crippen molar-refractivity contribution in [1.29, 1.82) is 10.5 Å². The summed E-state index contributed by atoms with van der Waals surface area (Å²) in [4.78, 5) is 43.2. The SMILES string of the molecule is [C-]#[N+]C(C#N)=C1C(=Nc2cc3c(s2)c2cc4c(cc2n3C)c2sc(N=C3C(=O)c5ccccc5/C3=C(/C#N)[N+]#[C-])cc2n4C)C(=O)c2ccccc21. The van der Waals surface area contributed by atoms with E-state index in [2.05, 4.69) is 31.0 Å². The molecular formula is C40H18N8O2S2. The first-order chi connectivity index (χ1) is 25.3. The third-order valence-electron chi connectivity index (χ3n) is 9.59. The lowest BCUT2D eigenvalue weighted by Crippen LogP contribution is -2.07. The highest BCUT2D eigenvalue weighted by molar-refractivity contribution is 7.24. The number of hydrogen-bond acceptors (Lipinski definition) is 8. The zero-order valence-corrected chi connectivity index (χ0v) is 28.8. The van der Waals surface area contributed by atoms with Crippen LogP contribution in [0.25, 0.3) is 63.1 Å². The standard InChI is InChI=1S/C40H18N8O2S2/c1-43-25(17-41)33-19-9-5-7-11-21(19)37(49)35(33)45-31-15-29-39(51-31)23-13-28-24(14-27(23)47(29)3)40-30(48(28)4)16-32(52-40)46-36-34(26(18-42)44-2)20-10-6-8-12-22(20)38(36)50/h5-16H,3-4H3/b33-25+,34-26?,45-35?,46-36?. The van der Waals surface area contributed by atoms with E-state index in [4.69, 9.17) is 23.1 Å².